The lowest BCUT2D eigenvalue weighted by molar-refractivity contribution is 0.610. The number of aromatic nitrogens is 2. The summed E-state index contributed by atoms with van der Waals surface area (Å²) in [5.74, 6) is 0. The number of rotatable bonds is 4. The van der Waals surface area contributed by atoms with E-state index in [1.165, 1.54) is 16.9 Å². The van der Waals surface area contributed by atoms with Crippen LogP contribution in [-0.4, -0.2) is 9.55 Å². The van der Waals surface area contributed by atoms with Crippen LogP contribution in [-0.2, 0) is 13.0 Å². The van der Waals surface area contributed by atoms with Gasteiger partial charge < -0.3 is 4.98 Å². The molecule has 3 nitrogen and oxygen atoms in total. The molecule has 0 unspecified atom stereocenters. The Morgan fingerprint density at radius 3 is 2.80 bits per heavy atom. The van der Waals surface area contributed by atoms with E-state index in [2.05, 4.69) is 17.1 Å². The van der Waals surface area contributed by atoms with Crippen LogP contribution in [0.5, 0.6) is 0 Å². The fourth-order valence-corrected chi connectivity index (χ4v) is 3.34. The van der Waals surface area contributed by atoms with Gasteiger partial charge in [-0.3, -0.25) is 9.36 Å². The predicted molar refractivity (Wildman–Crippen MR) is 86.0 cm³/mol. The number of nitrogens with zero attached hydrogens (tertiary/aromatic N) is 1. The van der Waals surface area contributed by atoms with Gasteiger partial charge in [-0.1, -0.05) is 30.3 Å². The molecule has 0 saturated carbocycles. The Bertz CT molecular complexity index is 830. The summed E-state index contributed by atoms with van der Waals surface area (Å²) in [7, 11) is 0. The molecule has 0 bridgehead atoms. The average molecular weight is 302 g/mol. The van der Waals surface area contributed by atoms with Crippen molar-refractivity contribution in [1.29, 1.82) is 0 Å². The zero-order valence-corrected chi connectivity index (χ0v) is 12.5. The molecular formula is C15H14N2OS2. The third-order valence-electron chi connectivity index (χ3n) is 3.28. The topological polar surface area (TPSA) is 37.8 Å². The summed E-state index contributed by atoms with van der Waals surface area (Å²) in [5.41, 5.74) is 2.14. The first-order chi connectivity index (χ1) is 9.75. The fourth-order valence-electron chi connectivity index (χ4n) is 2.26. The van der Waals surface area contributed by atoms with Crippen molar-refractivity contribution in [2.24, 2.45) is 0 Å². The Balaban J connectivity index is 1.81. The molecule has 0 spiro atoms. The van der Waals surface area contributed by atoms with Crippen molar-refractivity contribution in [2.75, 3.05) is 0 Å². The second-order valence-corrected chi connectivity index (χ2v) is 5.94. The summed E-state index contributed by atoms with van der Waals surface area (Å²) in [5, 5.41) is 1.91. The molecule has 2 aromatic heterocycles. The molecular weight excluding hydrogens is 288 g/mol. The maximum Gasteiger partial charge on any atom is 0.272 e. The lowest BCUT2D eigenvalue weighted by Crippen LogP contribution is -2.21. The minimum Gasteiger partial charge on any atom is -0.331 e. The Kier molecular flexibility index (Phi) is 3.80. The van der Waals surface area contributed by atoms with Crippen molar-refractivity contribution in [3.8, 4) is 0 Å². The highest BCUT2D eigenvalue weighted by Gasteiger charge is 2.06. The lowest BCUT2D eigenvalue weighted by Gasteiger charge is -2.06. The van der Waals surface area contributed by atoms with Gasteiger partial charge in [-0.25, -0.2) is 0 Å². The normalized spacial score (nSPS) is 11.0. The van der Waals surface area contributed by atoms with Crippen molar-refractivity contribution in [1.82, 2.24) is 9.55 Å². The predicted octanol–water partition coefficient (Wildman–Crippen LogP) is 3.75. The molecule has 0 atom stereocenters. The quantitative estimate of drug-likeness (QED) is 0.745. The molecule has 2 heterocycles. The van der Waals surface area contributed by atoms with Gasteiger partial charge in [0.15, 0.2) is 4.77 Å². The first-order valence-corrected chi connectivity index (χ1v) is 7.79. The van der Waals surface area contributed by atoms with Crippen LogP contribution in [0.15, 0.2) is 46.6 Å². The van der Waals surface area contributed by atoms with Gasteiger partial charge in [-0.05, 0) is 42.1 Å². The molecule has 0 aliphatic heterocycles. The van der Waals surface area contributed by atoms with E-state index < -0.39 is 0 Å². The van der Waals surface area contributed by atoms with Gasteiger partial charge in [0.25, 0.3) is 5.56 Å². The molecule has 0 fully saturated rings. The van der Waals surface area contributed by atoms with Gasteiger partial charge in [-0.2, -0.15) is 0 Å². The zero-order chi connectivity index (χ0) is 13.9. The molecule has 0 radical (unpaired) electrons. The van der Waals surface area contributed by atoms with E-state index >= 15 is 0 Å². The second kappa shape index (κ2) is 5.73. The number of thiophene rings is 1. The lowest BCUT2D eigenvalue weighted by atomic mass is 10.1. The molecule has 0 saturated heterocycles. The van der Waals surface area contributed by atoms with Crippen LogP contribution in [0, 0.1) is 4.77 Å². The standard InChI is InChI=1S/C15H14N2OS2/c18-14-13-12(8-10-20-13)16-15(19)17(14)9-4-7-11-5-2-1-3-6-11/h1-3,5-6,8,10H,4,7,9H2,(H,16,19). The zero-order valence-electron chi connectivity index (χ0n) is 10.8. The fraction of sp³-hybridized carbons (Fsp3) is 0.200. The number of hydrogen-bond acceptors (Lipinski definition) is 3. The molecule has 102 valence electrons. The van der Waals surface area contributed by atoms with Gasteiger partial charge >= 0.3 is 0 Å². The van der Waals surface area contributed by atoms with Crippen molar-refractivity contribution in [3.63, 3.8) is 0 Å². The number of fused-ring (bicyclic) bond motifs is 1. The molecule has 1 N–H and O–H groups in total. The van der Waals surface area contributed by atoms with Crippen LogP contribution in [0.1, 0.15) is 12.0 Å². The van der Waals surface area contributed by atoms with Gasteiger partial charge in [0.1, 0.15) is 4.70 Å². The molecule has 0 aliphatic rings. The van der Waals surface area contributed by atoms with E-state index in [0.29, 0.717) is 11.3 Å². The largest absolute Gasteiger partial charge is 0.331 e. The third kappa shape index (κ3) is 2.59. The van der Waals surface area contributed by atoms with E-state index in [0.717, 1.165) is 23.1 Å². The van der Waals surface area contributed by atoms with Crippen molar-refractivity contribution >= 4 is 33.8 Å². The van der Waals surface area contributed by atoms with Crippen LogP contribution in [0.4, 0.5) is 0 Å². The average Bonchev–Trinajstić information content (AvgIpc) is 2.92. The first kappa shape index (κ1) is 13.3. The van der Waals surface area contributed by atoms with Crippen molar-refractivity contribution < 1.29 is 0 Å². The summed E-state index contributed by atoms with van der Waals surface area (Å²) >= 11 is 6.73. The molecule has 0 aliphatic carbocycles. The number of aromatic amines is 1. The van der Waals surface area contributed by atoms with Crippen molar-refractivity contribution in [2.45, 2.75) is 19.4 Å². The molecule has 5 heteroatoms. The van der Waals surface area contributed by atoms with Crippen molar-refractivity contribution in [3.05, 3.63) is 62.5 Å². The van der Waals surface area contributed by atoms with E-state index in [1.54, 1.807) is 4.57 Å². The molecule has 0 amide bonds. The highest BCUT2D eigenvalue weighted by Crippen LogP contribution is 2.14. The first-order valence-electron chi connectivity index (χ1n) is 6.50. The maximum absolute atomic E-state index is 12.3. The smallest absolute Gasteiger partial charge is 0.272 e. The van der Waals surface area contributed by atoms with Gasteiger partial charge in [0, 0.05) is 6.54 Å². The molecule has 1 aromatic carbocycles. The van der Waals surface area contributed by atoms with Gasteiger partial charge in [0.2, 0.25) is 0 Å². The summed E-state index contributed by atoms with van der Waals surface area (Å²) in [4.78, 5) is 15.5. The van der Waals surface area contributed by atoms with Crippen LogP contribution >= 0.6 is 23.6 Å². The van der Waals surface area contributed by atoms with Crippen LogP contribution in [0.3, 0.4) is 0 Å². The van der Waals surface area contributed by atoms with Crippen LogP contribution in [0.25, 0.3) is 10.2 Å². The summed E-state index contributed by atoms with van der Waals surface area (Å²) in [6.45, 7) is 0.650. The number of H-pyrrole nitrogens is 1. The second-order valence-electron chi connectivity index (χ2n) is 4.64. The van der Waals surface area contributed by atoms with E-state index in [1.807, 2.05) is 29.6 Å². The Labute approximate surface area is 125 Å². The third-order valence-corrected chi connectivity index (χ3v) is 4.51. The van der Waals surface area contributed by atoms with Gasteiger partial charge in [-0.15, -0.1) is 11.3 Å². The number of nitrogens with one attached hydrogen (secondary N) is 1. The van der Waals surface area contributed by atoms with E-state index in [-0.39, 0.29) is 5.56 Å². The minimum absolute atomic E-state index is 0.0202. The summed E-state index contributed by atoms with van der Waals surface area (Å²) in [6, 6.07) is 12.2. The summed E-state index contributed by atoms with van der Waals surface area (Å²) < 4.78 is 2.92. The molecule has 3 rings (SSSR count). The minimum atomic E-state index is 0.0202. The molecule has 3 aromatic rings. The van der Waals surface area contributed by atoms with Crippen LogP contribution in [0.2, 0.25) is 0 Å². The number of benzene rings is 1. The van der Waals surface area contributed by atoms with Crippen LogP contribution < -0.4 is 5.56 Å². The molecule has 20 heavy (non-hydrogen) atoms. The monoisotopic (exact) mass is 302 g/mol. The SMILES string of the molecule is O=c1c2sccc2[nH]c(=S)n1CCCc1ccccc1. The number of aryl methyl sites for hydroxylation is 1. The Hall–Kier alpha value is -1.72. The van der Waals surface area contributed by atoms with Gasteiger partial charge in [0.05, 0.1) is 5.52 Å². The summed E-state index contributed by atoms with van der Waals surface area (Å²) in [6.07, 6.45) is 1.85. The highest BCUT2D eigenvalue weighted by molar-refractivity contribution is 7.71. The number of hydrogen-bond donors (Lipinski definition) is 1. The highest BCUT2D eigenvalue weighted by atomic mass is 32.1. The Morgan fingerprint density at radius 2 is 2.00 bits per heavy atom. The van der Waals surface area contributed by atoms with E-state index in [4.69, 9.17) is 12.2 Å². The Morgan fingerprint density at radius 1 is 1.20 bits per heavy atom. The maximum atomic E-state index is 12.3. The van der Waals surface area contributed by atoms with E-state index in [9.17, 15) is 4.79 Å².